The summed E-state index contributed by atoms with van der Waals surface area (Å²) in [4.78, 5) is 15.5. The van der Waals surface area contributed by atoms with Crippen LogP contribution >= 0.6 is 0 Å². The summed E-state index contributed by atoms with van der Waals surface area (Å²) in [6.07, 6.45) is 9.11. The van der Waals surface area contributed by atoms with E-state index in [1.165, 1.54) is 49.2 Å². The van der Waals surface area contributed by atoms with Crippen LogP contribution in [0.5, 0.6) is 0 Å². The van der Waals surface area contributed by atoms with E-state index in [0.717, 1.165) is 48.7 Å². The maximum absolute atomic E-state index is 12.8. The van der Waals surface area contributed by atoms with E-state index >= 15 is 0 Å². The predicted molar refractivity (Wildman–Crippen MR) is 126 cm³/mol. The van der Waals surface area contributed by atoms with E-state index in [4.69, 9.17) is 0 Å². The highest BCUT2D eigenvalue weighted by atomic mass is 16.2. The van der Waals surface area contributed by atoms with Crippen molar-refractivity contribution in [3.05, 3.63) is 53.3 Å². The minimum atomic E-state index is -0.127. The van der Waals surface area contributed by atoms with Gasteiger partial charge in [-0.25, -0.2) is 0 Å². The first-order valence-electron chi connectivity index (χ1n) is 12.2. The van der Waals surface area contributed by atoms with Crippen molar-refractivity contribution in [3.63, 3.8) is 0 Å². The molecule has 6 nitrogen and oxygen atoms in total. The Labute approximate surface area is 189 Å². The lowest BCUT2D eigenvalue weighted by Gasteiger charge is -2.35. The molecule has 2 aromatic heterocycles. The van der Waals surface area contributed by atoms with Gasteiger partial charge in [0.25, 0.3) is 5.91 Å². The van der Waals surface area contributed by atoms with Gasteiger partial charge in [-0.15, -0.1) is 10.2 Å². The number of benzene rings is 1. The van der Waals surface area contributed by atoms with E-state index in [2.05, 4.69) is 45.5 Å². The van der Waals surface area contributed by atoms with Crippen LogP contribution in [0.2, 0.25) is 0 Å². The summed E-state index contributed by atoms with van der Waals surface area (Å²) in [5, 5.41) is 12.6. The summed E-state index contributed by atoms with van der Waals surface area (Å²) >= 11 is 0. The third kappa shape index (κ3) is 3.55. The number of nitrogens with zero attached hydrogens (tertiary/aromatic N) is 4. The summed E-state index contributed by atoms with van der Waals surface area (Å²) in [6.45, 7) is 5.36. The van der Waals surface area contributed by atoms with Crippen LogP contribution in [0.1, 0.15) is 54.2 Å². The van der Waals surface area contributed by atoms with E-state index in [0.29, 0.717) is 5.69 Å². The van der Waals surface area contributed by atoms with E-state index in [-0.39, 0.29) is 11.9 Å². The smallest absolute Gasteiger partial charge is 0.272 e. The zero-order chi connectivity index (χ0) is 21.7. The summed E-state index contributed by atoms with van der Waals surface area (Å²) in [7, 11) is 0. The van der Waals surface area contributed by atoms with E-state index in [1.54, 1.807) is 0 Å². The first-order chi connectivity index (χ1) is 15.7. The number of aromatic nitrogens is 3. The summed E-state index contributed by atoms with van der Waals surface area (Å²) in [5.74, 6) is 1.66. The first-order valence-corrected chi connectivity index (χ1v) is 12.2. The molecular weight excluding hydrogens is 398 g/mol. The highest BCUT2D eigenvalue weighted by Crippen LogP contribution is 2.38. The topological polar surface area (TPSA) is 63.1 Å². The number of aryl methyl sites for hydroxylation is 2. The van der Waals surface area contributed by atoms with Crippen LogP contribution < -0.4 is 10.2 Å². The van der Waals surface area contributed by atoms with Gasteiger partial charge in [-0.3, -0.25) is 4.79 Å². The molecule has 6 heteroatoms. The number of carbonyl (C=O) groups is 1. The van der Waals surface area contributed by atoms with Gasteiger partial charge in [0, 0.05) is 42.9 Å². The van der Waals surface area contributed by atoms with Crippen LogP contribution in [0.15, 0.2) is 36.5 Å². The average Bonchev–Trinajstić information content (AvgIpc) is 3.39. The molecule has 3 aliphatic rings. The molecule has 1 amide bonds. The molecule has 1 aromatic carbocycles. The highest BCUT2D eigenvalue weighted by Gasteiger charge is 2.33. The van der Waals surface area contributed by atoms with Gasteiger partial charge >= 0.3 is 0 Å². The van der Waals surface area contributed by atoms with E-state index in [9.17, 15) is 4.79 Å². The molecule has 1 N–H and O–H groups in total. The summed E-state index contributed by atoms with van der Waals surface area (Å²) < 4.78 is 2.03. The number of carbonyl (C=O) groups excluding carboxylic acids is 1. The minimum Gasteiger partial charge on any atom is -0.371 e. The Hall–Kier alpha value is -2.89. The maximum atomic E-state index is 12.8. The number of anilines is 1. The molecule has 3 aromatic rings. The zero-order valence-electron chi connectivity index (χ0n) is 18.8. The Kier molecular flexibility index (Phi) is 4.89. The monoisotopic (exact) mass is 429 g/mol. The summed E-state index contributed by atoms with van der Waals surface area (Å²) in [6, 6.07) is 11.0. The van der Waals surface area contributed by atoms with Gasteiger partial charge in [-0.1, -0.05) is 6.07 Å². The van der Waals surface area contributed by atoms with Crippen molar-refractivity contribution in [2.75, 3.05) is 18.0 Å². The molecule has 6 rings (SSSR count). The number of fused-ring (bicyclic) bond motifs is 4. The van der Waals surface area contributed by atoms with E-state index in [1.807, 2.05) is 22.9 Å². The van der Waals surface area contributed by atoms with Crippen molar-refractivity contribution < 1.29 is 4.79 Å². The van der Waals surface area contributed by atoms with Crippen LogP contribution in [-0.2, 0) is 19.4 Å². The van der Waals surface area contributed by atoms with Crippen LogP contribution in [0.4, 0.5) is 5.69 Å². The molecule has 2 bridgehead atoms. The van der Waals surface area contributed by atoms with Crippen molar-refractivity contribution >= 4 is 22.6 Å². The fourth-order valence-electron chi connectivity index (χ4n) is 6.09. The van der Waals surface area contributed by atoms with Crippen molar-refractivity contribution in [1.82, 2.24) is 20.1 Å². The van der Waals surface area contributed by atoms with Gasteiger partial charge in [0.1, 0.15) is 0 Å². The molecule has 2 aliphatic carbocycles. The molecule has 0 spiro atoms. The first kappa shape index (κ1) is 19.8. The molecule has 1 saturated heterocycles. The van der Waals surface area contributed by atoms with Gasteiger partial charge in [0.05, 0.1) is 0 Å². The maximum Gasteiger partial charge on any atom is 0.272 e. The molecule has 2 unspecified atom stereocenters. The van der Waals surface area contributed by atoms with Crippen LogP contribution in [0.25, 0.3) is 11.0 Å². The normalized spacial score (nSPS) is 24.5. The lowest BCUT2D eigenvalue weighted by molar-refractivity contribution is 0.0928. The van der Waals surface area contributed by atoms with Gasteiger partial charge in [0.2, 0.25) is 0 Å². The second-order valence-corrected chi connectivity index (χ2v) is 9.93. The lowest BCUT2D eigenvalue weighted by atomic mass is 9.87. The third-order valence-electron chi connectivity index (χ3n) is 7.81. The Balaban J connectivity index is 1.13. The standard InChI is InChI=1S/C26H31N5O/c1-2-30-10-9-21-14-24(28-29-25(21)30)26(32)27-22-7-5-20-13-23(8-6-19(20)12-22)31-15-17-3-4-18(11-17)16-31/h6,8-10,13-14,17-18,22H,2-5,7,11-12,15-16H2,1H3,(H,27,32)/t17?,18?,22-/m0/s1. The number of nitrogens with one attached hydrogen (secondary N) is 1. The number of amides is 1. The van der Waals surface area contributed by atoms with Crippen molar-refractivity contribution in [3.8, 4) is 0 Å². The molecule has 166 valence electrons. The van der Waals surface area contributed by atoms with Crippen molar-refractivity contribution in [1.29, 1.82) is 0 Å². The molecule has 32 heavy (non-hydrogen) atoms. The molecule has 1 saturated carbocycles. The predicted octanol–water partition coefficient (Wildman–Crippen LogP) is 3.97. The van der Waals surface area contributed by atoms with Gasteiger partial charge in [-0.2, -0.15) is 0 Å². The number of rotatable bonds is 4. The van der Waals surface area contributed by atoms with Crippen LogP contribution in [0.3, 0.4) is 0 Å². The fraction of sp³-hybridized carbons (Fsp3) is 0.500. The second-order valence-electron chi connectivity index (χ2n) is 9.93. The number of piperidine rings is 1. The Morgan fingerprint density at radius 3 is 2.72 bits per heavy atom. The minimum absolute atomic E-state index is 0.127. The van der Waals surface area contributed by atoms with E-state index < -0.39 is 0 Å². The SMILES string of the molecule is CCn1ccc2cc(C(=O)N[C@H]3CCc4cc(N5CC6CCC(C6)C5)ccc4C3)nnc21. The van der Waals surface area contributed by atoms with Crippen LogP contribution in [-0.4, -0.2) is 39.8 Å². The van der Waals surface area contributed by atoms with Crippen molar-refractivity contribution in [2.45, 2.75) is 58.0 Å². The zero-order valence-corrected chi connectivity index (χ0v) is 18.8. The molecular formula is C26H31N5O. The largest absolute Gasteiger partial charge is 0.371 e. The molecule has 3 atom stereocenters. The quantitative estimate of drug-likeness (QED) is 0.682. The Bertz CT molecular complexity index is 1160. The third-order valence-corrected chi connectivity index (χ3v) is 7.81. The Morgan fingerprint density at radius 1 is 1.06 bits per heavy atom. The Morgan fingerprint density at radius 2 is 1.91 bits per heavy atom. The van der Waals surface area contributed by atoms with Gasteiger partial charge in [0.15, 0.2) is 11.3 Å². The number of hydrogen-bond acceptors (Lipinski definition) is 4. The highest BCUT2D eigenvalue weighted by molar-refractivity contribution is 5.95. The second kappa shape index (κ2) is 7.91. The molecule has 0 radical (unpaired) electrons. The average molecular weight is 430 g/mol. The molecule has 3 heterocycles. The summed E-state index contributed by atoms with van der Waals surface area (Å²) in [5.41, 5.74) is 5.44. The van der Waals surface area contributed by atoms with Gasteiger partial charge < -0.3 is 14.8 Å². The van der Waals surface area contributed by atoms with Crippen molar-refractivity contribution in [2.24, 2.45) is 11.8 Å². The molecule has 1 aliphatic heterocycles. The van der Waals surface area contributed by atoms with Crippen LogP contribution in [0, 0.1) is 11.8 Å². The molecule has 2 fully saturated rings. The lowest BCUT2D eigenvalue weighted by Crippen LogP contribution is -2.39. The fourth-order valence-corrected chi connectivity index (χ4v) is 6.09. The van der Waals surface area contributed by atoms with Gasteiger partial charge in [-0.05, 0) is 92.7 Å². The number of hydrogen-bond donors (Lipinski definition) is 1.